The number of hydrogen-bond acceptors (Lipinski definition) is 2. The van der Waals surface area contributed by atoms with Crippen LogP contribution in [-0.2, 0) is 9.73 Å². The first-order valence-corrected chi connectivity index (χ1v) is 7.53. The highest BCUT2D eigenvalue weighted by Gasteiger charge is 2.04. The predicted octanol–water partition coefficient (Wildman–Crippen LogP) is 3.29. The Kier molecular flexibility index (Phi) is 3.98. The molecule has 96 valence electrons. The van der Waals surface area contributed by atoms with Gasteiger partial charge in [-0.2, -0.15) is 0 Å². The van der Waals surface area contributed by atoms with Crippen molar-refractivity contribution in [2.24, 2.45) is 4.36 Å². The number of nitrogens with zero attached hydrogens (tertiary/aromatic N) is 1. The molecule has 2 nitrogen and oxygen atoms in total. The minimum atomic E-state index is -2.61. The normalized spacial score (nSPS) is 12.9. The Labute approximate surface area is 112 Å². The molecule has 0 amide bonds. The molecule has 1 unspecified atom stereocenters. The summed E-state index contributed by atoms with van der Waals surface area (Å²) in [4.78, 5) is 0.469. The van der Waals surface area contributed by atoms with Gasteiger partial charge in [0, 0.05) is 22.8 Å². The third-order valence-electron chi connectivity index (χ3n) is 2.44. The molecule has 0 heterocycles. The van der Waals surface area contributed by atoms with Gasteiger partial charge in [0.25, 0.3) is 0 Å². The maximum atomic E-state index is 12.8. The van der Waals surface area contributed by atoms with Gasteiger partial charge in [-0.15, -0.1) is 4.36 Å². The monoisotopic (exact) mass is 273 g/mol. The van der Waals surface area contributed by atoms with Crippen LogP contribution in [-0.4, -0.2) is 10.5 Å². The van der Waals surface area contributed by atoms with Crippen LogP contribution in [0.3, 0.4) is 0 Å². The predicted molar refractivity (Wildman–Crippen MR) is 74.5 cm³/mol. The van der Waals surface area contributed by atoms with Crippen LogP contribution in [0.4, 0.5) is 4.39 Å². The van der Waals surface area contributed by atoms with Gasteiger partial charge in [0.15, 0.2) is 0 Å². The van der Waals surface area contributed by atoms with E-state index >= 15 is 0 Å². The van der Waals surface area contributed by atoms with Gasteiger partial charge in [0.2, 0.25) is 0 Å². The van der Waals surface area contributed by atoms with Gasteiger partial charge in [0.05, 0.1) is 9.73 Å². The second-order valence-corrected chi connectivity index (χ2v) is 6.21. The Balaban J connectivity index is 2.30. The highest BCUT2D eigenvalue weighted by atomic mass is 32.2. The number of halogens is 1. The Morgan fingerprint density at radius 2 is 1.68 bits per heavy atom. The topological polar surface area (TPSA) is 29.4 Å². The van der Waals surface area contributed by atoms with Crippen molar-refractivity contribution in [1.82, 2.24) is 0 Å². The maximum absolute atomic E-state index is 12.8. The van der Waals surface area contributed by atoms with Crippen molar-refractivity contribution in [3.8, 4) is 12.0 Å². The fourth-order valence-corrected chi connectivity index (χ4v) is 2.40. The van der Waals surface area contributed by atoms with E-state index < -0.39 is 9.73 Å². The zero-order chi connectivity index (χ0) is 13.7. The van der Waals surface area contributed by atoms with Gasteiger partial charge in [-0.3, -0.25) is 0 Å². The highest BCUT2D eigenvalue weighted by Crippen LogP contribution is 2.11. The Morgan fingerprint density at radius 3 is 2.32 bits per heavy atom. The van der Waals surface area contributed by atoms with Crippen LogP contribution >= 0.6 is 0 Å². The lowest BCUT2D eigenvalue weighted by molar-refractivity contribution is 0.626. The number of benzene rings is 2. The zero-order valence-corrected chi connectivity index (χ0v) is 11.2. The zero-order valence-electron chi connectivity index (χ0n) is 10.3. The average Bonchev–Trinajstić information content (AvgIpc) is 2.40. The first kappa shape index (κ1) is 13.3. The molecule has 19 heavy (non-hydrogen) atoms. The fraction of sp³-hybridized carbons (Fsp3) is 0.0667. The summed E-state index contributed by atoms with van der Waals surface area (Å²) in [6.45, 7) is 0. The standard InChI is InChI=1S/C15H12FNOS/c1-19(18,15-9-7-14(16)8-10-15)17-12-11-13-5-3-2-4-6-13/h2-10H,1H3. The maximum Gasteiger partial charge on any atom is 0.123 e. The Hall–Kier alpha value is -2.12. The van der Waals surface area contributed by atoms with E-state index in [2.05, 4.69) is 16.3 Å². The summed E-state index contributed by atoms with van der Waals surface area (Å²) in [6, 6.07) is 17.3. The summed E-state index contributed by atoms with van der Waals surface area (Å²) >= 11 is 0. The van der Waals surface area contributed by atoms with Crippen LogP contribution in [0.5, 0.6) is 0 Å². The first-order chi connectivity index (χ1) is 9.08. The van der Waals surface area contributed by atoms with Crippen molar-refractivity contribution in [2.75, 3.05) is 6.26 Å². The van der Waals surface area contributed by atoms with Crippen LogP contribution in [0.2, 0.25) is 0 Å². The second-order valence-electron chi connectivity index (χ2n) is 3.95. The molecule has 0 saturated carbocycles. The molecule has 1 atom stereocenters. The SMILES string of the molecule is CS(=O)(=NC#Cc1ccccc1)c1ccc(F)cc1. The Bertz CT molecular complexity index is 733. The molecule has 0 fully saturated rings. The molecule has 0 aromatic heterocycles. The molecule has 0 N–H and O–H groups in total. The van der Waals surface area contributed by atoms with Crippen LogP contribution < -0.4 is 0 Å². The van der Waals surface area contributed by atoms with Gasteiger partial charge in [0.1, 0.15) is 5.82 Å². The van der Waals surface area contributed by atoms with E-state index in [0.29, 0.717) is 4.90 Å². The lowest BCUT2D eigenvalue weighted by Gasteiger charge is -2.00. The molecule has 0 radical (unpaired) electrons. The Morgan fingerprint density at radius 1 is 1.05 bits per heavy atom. The van der Waals surface area contributed by atoms with Gasteiger partial charge >= 0.3 is 0 Å². The minimum absolute atomic E-state index is 0.366. The van der Waals surface area contributed by atoms with E-state index in [1.165, 1.54) is 30.5 Å². The molecule has 0 spiro atoms. The van der Waals surface area contributed by atoms with E-state index in [1.807, 2.05) is 30.3 Å². The number of rotatable bonds is 1. The minimum Gasteiger partial charge on any atom is -0.244 e. The van der Waals surface area contributed by atoms with Crippen molar-refractivity contribution >= 4 is 9.73 Å². The van der Waals surface area contributed by atoms with E-state index in [0.717, 1.165) is 5.56 Å². The van der Waals surface area contributed by atoms with Crippen molar-refractivity contribution < 1.29 is 8.60 Å². The summed E-state index contributed by atoms with van der Waals surface area (Å²) in [6.07, 6.45) is 1.49. The molecule has 0 saturated heterocycles. The molecule has 0 aliphatic heterocycles. The molecule has 0 aliphatic carbocycles. The average molecular weight is 273 g/mol. The van der Waals surface area contributed by atoms with Gasteiger partial charge in [-0.05, 0) is 42.3 Å². The third-order valence-corrected chi connectivity index (χ3v) is 4.03. The molecular weight excluding hydrogens is 261 g/mol. The van der Waals surface area contributed by atoms with E-state index in [1.54, 1.807) is 0 Å². The second kappa shape index (κ2) is 5.68. The van der Waals surface area contributed by atoms with Crippen molar-refractivity contribution in [3.05, 3.63) is 66.0 Å². The number of hydrogen-bond donors (Lipinski definition) is 0. The van der Waals surface area contributed by atoms with Crippen molar-refractivity contribution in [2.45, 2.75) is 4.90 Å². The molecule has 2 aromatic carbocycles. The third kappa shape index (κ3) is 3.67. The van der Waals surface area contributed by atoms with Gasteiger partial charge in [-0.1, -0.05) is 18.2 Å². The van der Waals surface area contributed by atoms with Crippen LogP contribution in [0.25, 0.3) is 0 Å². The van der Waals surface area contributed by atoms with E-state index in [9.17, 15) is 8.60 Å². The lowest BCUT2D eigenvalue weighted by Crippen LogP contribution is -1.96. The molecule has 4 heteroatoms. The first-order valence-electron chi connectivity index (χ1n) is 5.61. The summed E-state index contributed by atoms with van der Waals surface area (Å²) in [5, 5.41) is 0. The summed E-state index contributed by atoms with van der Waals surface area (Å²) in [5.41, 5.74) is 0.806. The van der Waals surface area contributed by atoms with E-state index in [4.69, 9.17) is 0 Å². The van der Waals surface area contributed by atoms with Gasteiger partial charge < -0.3 is 0 Å². The molecule has 2 rings (SSSR count). The molecule has 0 bridgehead atoms. The quantitative estimate of drug-likeness (QED) is 0.733. The fourth-order valence-electron chi connectivity index (χ4n) is 1.44. The van der Waals surface area contributed by atoms with Gasteiger partial charge in [-0.25, -0.2) is 8.60 Å². The van der Waals surface area contributed by atoms with E-state index in [-0.39, 0.29) is 5.82 Å². The highest BCUT2D eigenvalue weighted by molar-refractivity contribution is 7.93. The van der Waals surface area contributed by atoms with Crippen LogP contribution in [0.15, 0.2) is 63.9 Å². The lowest BCUT2D eigenvalue weighted by atomic mass is 10.2. The van der Waals surface area contributed by atoms with Crippen molar-refractivity contribution in [3.63, 3.8) is 0 Å². The molecule has 0 aliphatic rings. The molecule has 2 aromatic rings. The smallest absolute Gasteiger partial charge is 0.123 e. The summed E-state index contributed by atoms with van der Waals surface area (Å²) < 4.78 is 29.0. The van der Waals surface area contributed by atoms with Crippen molar-refractivity contribution in [1.29, 1.82) is 0 Å². The molecular formula is C15H12FNOS. The summed E-state index contributed by atoms with van der Waals surface area (Å²) in [5.74, 6) is 2.45. The van der Waals surface area contributed by atoms with Crippen LogP contribution in [0, 0.1) is 17.8 Å². The summed E-state index contributed by atoms with van der Waals surface area (Å²) in [7, 11) is -2.61. The largest absolute Gasteiger partial charge is 0.244 e. The van der Waals surface area contributed by atoms with Crippen LogP contribution in [0.1, 0.15) is 5.56 Å².